The second-order valence-electron chi connectivity index (χ2n) is 9.00. The van der Waals surface area contributed by atoms with Gasteiger partial charge in [-0.15, -0.1) is 0 Å². The minimum atomic E-state index is -0.418. The van der Waals surface area contributed by atoms with Gasteiger partial charge in [0.2, 0.25) is 0 Å². The van der Waals surface area contributed by atoms with Gasteiger partial charge in [-0.3, -0.25) is 14.4 Å². The normalized spacial score (nSPS) is 13.2. The fraction of sp³-hybridized carbons (Fsp3) is 0.0645. The number of carbonyl (C=O) groups is 3. The molecule has 194 valence electrons. The number of carbonyl (C=O) groups excluding carboxylic acids is 3. The summed E-state index contributed by atoms with van der Waals surface area (Å²) in [5.74, 6) is -1.08. The maximum Gasteiger partial charge on any atom is 0.283 e. The van der Waals surface area contributed by atoms with E-state index in [4.69, 9.17) is 11.6 Å². The molecular weight excluding hydrogens is 530 g/mol. The molecule has 0 aromatic heterocycles. The van der Waals surface area contributed by atoms with Crippen LogP contribution in [0, 0.1) is 13.8 Å². The highest BCUT2D eigenvalue weighted by Gasteiger charge is 2.40. The largest absolute Gasteiger partial charge is 0.350 e. The molecule has 4 aromatic carbocycles. The molecule has 0 radical (unpaired) electrons. The van der Waals surface area contributed by atoms with Crippen LogP contribution in [0.25, 0.3) is 0 Å². The van der Waals surface area contributed by atoms with E-state index in [0.717, 1.165) is 21.7 Å². The Bertz CT molecular complexity index is 1600. The molecule has 1 aliphatic heterocycles. The Kier molecular flexibility index (Phi) is 7.54. The number of halogens is 1. The lowest BCUT2D eigenvalue weighted by Crippen LogP contribution is -2.32. The van der Waals surface area contributed by atoms with Gasteiger partial charge in [-0.1, -0.05) is 47.6 Å². The van der Waals surface area contributed by atoms with Crippen LogP contribution in [-0.2, 0) is 9.59 Å². The molecule has 0 fully saturated rings. The molecular formula is C31H24ClN3O3S. The minimum Gasteiger partial charge on any atom is -0.350 e. The van der Waals surface area contributed by atoms with Crippen molar-refractivity contribution in [3.63, 3.8) is 0 Å². The quantitative estimate of drug-likeness (QED) is 0.237. The first kappa shape index (κ1) is 26.3. The number of rotatable bonds is 7. The van der Waals surface area contributed by atoms with E-state index in [2.05, 4.69) is 10.6 Å². The molecule has 0 spiro atoms. The maximum absolute atomic E-state index is 13.6. The SMILES string of the molecule is Cc1ccc(NC2=C(Sc3ccc(NC(=O)c4ccc(Cl)cc4)cc3)C(=O)N(c3ccccc3)C2=O)cc1C. The Morgan fingerprint density at radius 3 is 2.10 bits per heavy atom. The first-order chi connectivity index (χ1) is 18.8. The number of aryl methyl sites for hydroxylation is 2. The van der Waals surface area contributed by atoms with Crippen LogP contribution in [0.15, 0.2) is 113 Å². The second-order valence-corrected chi connectivity index (χ2v) is 10.5. The average molecular weight is 554 g/mol. The Balaban J connectivity index is 1.41. The first-order valence-corrected chi connectivity index (χ1v) is 13.4. The zero-order valence-corrected chi connectivity index (χ0v) is 22.8. The van der Waals surface area contributed by atoms with Crippen LogP contribution in [0.5, 0.6) is 0 Å². The van der Waals surface area contributed by atoms with Gasteiger partial charge in [-0.25, -0.2) is 4.90 Å². The highest BCUT2D eigenvalue weighted by atomic mass is 35.5. The Morgan fingerprint density at radius 2 is 1.44 bits per heavy atom. The van der Waals surface area contributed by atoms with Crippen LogP contribution in [-0.4, -0.2) is 17.7 Å². The molecule has 0 atom stereocenters. The molecule has 8 heteroatoms. The Labute approximate surface area is 235 Å². The molecule has 5 rings (SSSR count). The number of hydrogen-bond donors (Lipinski definition) is 2. The predicted octanol–water partition coefficient (Wildman–Crippen LogP) is 7.20. The van der Waals surface area contributed by atoms with Crippen LogP contribution >= 0.6 is 23.4 Å². The van der Waals surface area contributed by atoms with Gasteiger partial charge in [0.05, 0.1) is 5.69 Å². The molecule has 39 heavy (non-hydrogen) atoms. The smallest absolute Gasteiger partial charge is 0.283 e. The molecule has 3 amide bonds. The molecule has 0 unspecified atom stereocenters. The van der Waals surface area contributed by atoms with Gasteiger partial charge in [0.1, 0.15) is 10.6 Å². The zero-order valence-electron chi connectivity index (χ0n) is 21.2. The van der Waals surface area contributed by atoms with Crippen molar-refractivity contribution in [2.75, 3.05) is 15.5 Å². The summed E-state index contributed by atoms with van der Waals surface area (Å²) in [6.45, 7) is 4.01. The number of imide groups is 1. The van der Waals surface area contributed by atoms with E-state index in [1.165, 1.54) is 16.7 Å². The van der Waals surface area contributed by atoms with Crippen molar-refractivity contribution in [1.82, 2.24) is 0 Å². The fourth-order valence-electron chi connectivity index (χ4n) is 4.02. The summed E-state index contributed by atoms with van der Waals surface area (Å²) in [7, 11) is 0. The number of anilines is 3. The van der Waals surface area contributed by atoms with Crippen LogP contribution in [0.1, 0.15) is 21.5 Å². The third-order valence-corrected chi connectivity index (χ3v) is 7.61. The van der Waals surface area contributed by atoms with E-state index >= 15 is 0 Å². The molecule has 2 N–H and O–H groups in total. The second kappa shape index (κ2) is 11.2. The van der Waals surface area contributed by atoms with Gasteiger partial charge < -0.3 is 10.6 Å². The number of nitrogens with one attached hydrogen (secondary N) is 2. The van der Waals surface area contributed by atoms with Crippen molar-refractivity contribution in [3.05, 3.63) is 129 Å². The highest BCUT2D eigenvalue weighted by molar-refractivity contribution is 8.04. The zero-order chi connectivity index (χ0) is 27.5. The lowest BCUT2D eigenvalue weighted by Gasteiger charge is -2.15. The molecule has 6 nitrogen and oxygen atoms in total. The van der Waals surface area contributed by atoms with E-state index in [0.29, 0.717) is 26.9 Å². The number of nitrogens with zero attached hydrogens (tertiary/aromatic N) is 1. The standard InChI is InChI=1S/C31H24ClN3O3S/c1-19-8-13-24(18-20(19)2)33-27-28(31(38)35(30(27)37)25-6-4-3-5-7-25)39-26-16-14-23(15-17-26)34-29(36)21-9-11-22(32)12-10-21/h3-18,33H,1-2H3,(H,34,36). The van der Waals surface area contributed by atoms with Crippen LogP contribution < -0.4 is 15.5 Å². The lowest BCUT2D eigenvalue weighted by molar-refractivity contribution is -0.120. The molecule has 1 aliphatic rings. The summed E-state index contributed by atoms with van der Waals surface area (Å²) < 4.78 is 0. The number of amides is 3. The number of para-hydroxylation sites is 1. The molecule has 1 heterocycles. The van der Waals surface area contributed by atoms with E-state index < -0.39 is 11.8 Å². The molecule has 4 aromatic rings. The summed E-state index contributed by atoms with van der Waals surface area (Å²) in [5.41, 5.74) is 4.74. The van der Waals surface area contributed by atoms with Crippen molar-refractivity contribution in [1.29, 1.82) is 0 Å². The summed E-state index contributed by atoms with van der Waals surface area (Å²) in [5, 5.41) is 6.60. The van der Waals surface area contributed by atoms with Crippen LogP contribution in [0.3, 0.4) is 0 Å². The van der Waals surface area contributed by atoms with Crippen LogP contribution in [0.4, 0.5) is 17.1 Å². The maximum atomic E-state index is 13.6. The van der Waals surface area contributed by atoms with Crippen molar-refractivity contribution < 1.29 is 14.4 Å². The van der Waals surface area contributed by atoms with E-state index in [1.807, 2.05) is 38.1 Å². The number of thioether (sulfide) groups is 1. The Morgan fingerprint density at radius 1 is 0.769 bits per heavy atom. The third kappa shape index (κ3) is 5.74. The van der Waals surface area contributed by atoms with Gasteiger partial charge in [-0.05, 0) is 97.8 Å². The van der Waals surface area contributed by atoms with Crippen molar-refractivity contribution >= 4 is 58.1 Å². The van der Waals surface area contributed by atoms with Gasteiger partial charge in [-0.2, -0.15) is 0 Å². The van der Waals surface area contributed by atoms with Crippen molar-refractivity contribution in [2.45, 2.75) is 18.7 Å². The number of hydrogen-bond acceptors (Lipinski definition) is 5. The minimum absolute atomic E-state index is 0.220. The molecule has 0 saturated carbocycles. The molecule has 0 aliphatic carbocycles. The third-order valence-electron chi connectivity index (χ3n) is 6.27. The predicted molar refractivity (Wildman–Crippen MR) is 157 cm³/mol. The van der Waals surface area contributed by atoms with Gasteiger partial charge >= 0.3 is 0 Å². The van der Waals surface area contributed by atoms with Crippen LogP contribution in [0.2, 0.25) is 5.02 Å². The topological polar surface area (TPSA) is 78.5 Å². The highest BCUT2D eigenvalue weighted by Crippen LogP contribution is 2.38. The summed E-state index contributed by atoms with van der Waals surface area (Å²) >= 11 is 7.10. The monoisotopic (exact) mass is 553 g/mol. The summed E-state index contributed by atoms with van der Waals surface area (Å²) in [4.78, 5) is 41.8. The van der Waals surface area contributed by atoms with Crippen molar-refractivity contribution in [2.24, 2.45) is 0 Å². The molecule has 0 saturated heterocycles. The van der Waals surface area contributed by atoms with E-state index in [-0.39, 0.29) is 11.6 Å². The Hall–Kier alpha value is -4.33. The van der Waals surface area contributed by atoms with E-state index in [9.17, 15) is 14.4 Å². The fourth-order valence-corrected chi connectivity index (χ4v) is 5.07. The van der Waals surface area contributed by atoms with E-state index in [1.54, 1.807) is 72.8 Å². The first-order valence-electron chi connectivity index (χ1n) is 12.2. The van der Waals surface area contributed by atoms with Gasteiger partial charge in [0, 0.05) is 26.9 Å². The van der Waals surface area contributed by atoms with Crippen molar-refractivity contribution in [3.8, 4) is 0 Å². The number of benzene rings is 4. The molecule has 0 bridgehead atoms. The van der Waals surface area contributed by atoms with Gasteiger partial charge in [0.25, 0.3) is 17.7 Å². The summed E-state index contributed by atoms with van der Waals surface area (Å²) in [6.07, 6.45) is 0. The van der Waals surface area contributed by atoms with Gasteiger partial charge in [0.15, 0.2) is 0 Å². The average Bonchev–Trinajstić information content (AvgIpc) is 3.16. The lowest BCUT2D eigenvalue weighted by atomic mass is 10.1. The summed E-state index contributed by atoms with van der Waals surface area (Å²) in [6, 6.07) is 28.4.